The summed E-state index contributed by atoms with van der Waals surface area (Å²) >= 11 is 0. The van der Waals surface area contributed by atoms with Crippen molar-refractivity contribution in [2.24, 2.45) is 0 Å². The highest BCUT2D eigenvalue weighted by atomic mass is 16.5. The molecule has 25 heavy (non-hydrogen) atoms. The van der Waals surface area contributed by atoms with E-state index in [1.165, 1.54) is 0 Å². The van der Waals surface area contributed by atoms with Gasteiger partial charge in [0.2, 0.25) is 17.5 Å². The molecule has 5 nitrogen and oxygen atoms in total. The van der Waals surface area contributed by atoms with Crippen LogP contribution < -0.4 is 10.1 Å². The second kappa shape index (κ2) is 7.54. The van der Waals surface area contributed by atoms with E-state index >= 15 is 0 Å². The first-order valence-corrected chi connectivity index (χ1v) is 8.07. The smallest absolute Gasteiger partial charge is 0.236 e. The largest absolute Gasteiger partial charge is 0.484 e. The highest BCUT2D eigenvalue weighted by molar-refractivity contribution is 5.47. The molecule has 0 fully saturated rings. The van der Waals surface area contributed by atoms with Crippen molar-refractivity contribution in [3.63, 3.8) is 0 Å². The van der Waals surface area contributed by atoms with E-state index in [2.05, 4.69) is 16.4 Å². The molecule has 2 aromatic carbocycles. The molecule has 1 N–H and O–H groups in total. The molecule has 0 spiro atoms. The van der Waals surface area contributed by atoms with E-state index in [1.54, 1.807) is 0 Å². The molecule has 1 heterocycles. The minimum absolute atomic E-state index is 0.00798. The summed E-state index contributed by atoms with van der Waals surface area (Å²) < 4.78 is 11.4. The zero-order valence-corrected chi connectivity index (χ0v) is 14.2. The Balaban J connectivity index is 1.71. The first-order chi connectivity index (χ1) is 12.2. The van der Waals surface area contributed by atoms with E-state index in [-0.39, 0.29) is 18.3 Å². The summed E-state index contributed by atoms with van der Waals surface area (Å²) in [4.78, 5) is 4.20. The first-order valence-electron chi connectivity index (χ1n) is 8.07. The summed E-state index contributed by atoms with van der Waals surface area (Å²) in [6.07, 6.45) is 0. The van der Waals surface area contributed by atoms with Crippen molar-refractivity contribution >= 4 is 5.88 Å². The Morgan fingerprint density at radius 1 is 1.16 bits per heavy atom. The second-order valence-electron chi connectivity index (χ2n) is 5.73. The Bertz CT molecular complexity index is 881. The van der Waals surface area contributed by atoms with Gasteiger partial charge in [-0.1, -0.05) is 48.5 Å². The number of hydrogen-bond acceptors (Lipinski definition) is 5. The molecule has 0 bridgehead atoms. The van der Waals surface area contributed by atoms with E-state index in [1.807, 2.05) is 68.4 Å². The van der Waals surface area contributed by atoms with Gasteiger partial charge in [-0.3, -0.25) is 0 Å². The molecule has 0 saturated heterocycles. The molecule has 1 atom stereocenters. The lowest BCUT2D eigenvalue weighted by Crippen LogP contribution is -2.06. The third-order valence-corrected chi connectivity index (χ3v) is 3.87. The van der Waals surface area contributed by atoms with Gasteiger partial charge in [-0.15, -0.1) is 0 Å². The fraction of sp³-hybridized carbons (Fsp3) is 0.200. The molecule has 1 unspecified atom stereocenters. The van der Waals surface area contributed by atoms with Crippen molar-refractivity contribution in [3.8, 4) is 11.8 Å². The van der Waals surface area contributed by atoms with E-state index < -0.39 is 0 Å². The molecule has 5 heteroatoms. The molecule has 3 rings (SSSR count). The van der Waals surface area contributed by atoms with Crippen LogP contribution in [-0.2, 0) is 6.61 Å². The SMILES string of the molecule is Cc1ccccc1OCc1nc(C#N)c(NC(C)c2ccccc2)o1. The maximum Gasteiger partial charge on any atom is 0.236 e. The summed E-state index contributed by atoms with van der Waals surface area (Å²) in [5.74, 6) is 1.50. The van der Waals surface area contributed by atoms with Gasteiger partial charge in [0.15, 0.2) is 6.61 Å². The van der Waals surface area contributed by atoms with Crippen molar-refractivity contribution in [3.05, 3.63) is 77.3 Å². The molecular formula is C20H19N3O2. The summed E-state index contributed by atoms with van der Waals surface area (Å²) in [5, 5.41) is 12.5. The third-order valence-electron chi connectivity index (χ3n) is 3.87. The summed E-state index contributed by atoms with van der Waals surface area (Å²) in [7, 11) is 0. The number of para-hydroxylation sites is 1. The van der Waals surface area contributed by atoms with Crippen molar-refractivity contribution < 1.29 is 9.15 Å². The third kappa shape index (κ3) is 3.99. The van der Waals surface area contributed by atoms with Gasteiger partial charge < -0.3 is 14.5 Å². The van der Waals surface area contributed by atoms with Crippen LogP contribution in [0, 0.1) is 18.3 Å². The fourth-order valence-electron chi connectivity index (χ4n) is 2.48. The van der Waals surface area contributed by atoms with Gasteiger partial charge in [0, 0.05) is 0 Å². The predicted molar refractivity (Wildman–Crippen MR) is 95.2 cm³/mol. The van der Waals surface area contributed by atoms with Crippen LogP contribution >= 0.6 is 0 Å². The van der Waals surface area contributed by atoms with Gasteiger partial charge in [-0.25, -0.2) is 0 Å². The highest BCUT2D eigenvalue weighted by Crippen LogP contribution is 2.24. The normalized spacial score (nSPS) is 11.6. The summed E-state index contributed by atoms with van der Waals surface area (Å²) in [6, 6.07) is 19.7. The number of anilines is 1. The minimum Gasteiger partial charge on any atom is -0.484 e. The molecule has 0 amide bonds. The number of oxazole rings is 1. The zero-order chi connectivity index (χ0) is 17.6. The topological polar surface area (TPSA) is 71.1 Å². The lowest BCUT2D eigenvalue weighted by molar-refractivity contribution is 0.263. The molecule has 0 aliphatic rings. The average molecular weight is 333 g/mol. The monoisotopic (exact) mass is 333 g/mol. The van der Waals surface area contributed by atoms with Gasteiger partial charge >= 0.3 is 0 Å². The number of nitriles is 1. The number of aryl methyl sites for hydroxylation is 1. The summed E-state index contributed by atoms with van der Waals surface area (Å²) in [5.41, 5.74) is 2.36. The van der Waals surface area contributed by atoms with Gasteiger partial charge in [0.1, 0.15) is 11.8 Å². The molecule has 0 radical (unpaired) electrons. The van der Waals surface area contributed by atoms with Gasteiger partial charge in [0.25, 0.3) is 0 Å². The second-order valence-corrected chi connectivity index (χ2v) is 5.73. The maximum absolute atomic E-state index is 9.29. The van der Waals surface area contributed by atoms with Gasteiger partial charge in [0.05, 0.1) is 6.04 Å². The van der Waals surface area contributed by atoms with Crippen molar-refractivity contribution in [2.75, 3.05) is 5.32 Å². The number of rotatable bonds is 6. The van der Waals surface area contributed by atoms with E-state index in [9.17, 15) is 5.26 Å². The molecule has 0 aliphatic carbocycles. The molecule has 126 valence electrons. The zero-order valence-electron chi connectivity index (χ0n) is 14.2. The Labute approximate surface area is 146 Å². The van der Waals surface area contributed by atoms with Crippen LogP contribution in [0.15, 0.2) is 59.0 Å². The van der Waals surface area contributed by atoms with E-state index in [0.717, 1.165) is 16.9 Å². The van der Waals surface area contributed by atoms with Gasteiger partial charge in [-0.05, 0) is 31.0 Å². The number of benzene rings is 2. The van der Waals surface area contributed by atoms with Crippen molar-refractivity contribution in [2.45, 2.75) is 26.5 Å². The minimum atomic E-state index is -0.00798. The Kier molecular flexibility index (Phi) is 5.00. The van der Waals surface area contributed by atoms with E-state index in [0.29, 0.717) is 11.8 Å². The average Bonchev–Trinajstić information content (AvgIpc) is 3.03. The van der Waals surface area contributed by atoms with Crippen LogP contribution in [0.3, 0.4) is 0 Å². The van der Waals surface area contributed by atoms with Crippen LogP contribution in [0.1, 0.15) is 35.7 Å². The molecule has 0 aliphatic heterocycles. The van der Waals surface area contributed by atoms with Crippen molar-refractivity contribution in [1.29, 1.82) is 5.26 Å². The van der Waals surface area contributed by atoms with Crippen LogP contribution in [0.4, 0.5) is 5.88 Å². The van der Waals surface area contributed by atoms with Crippen LogP contribution in [0.5, 0.6) is 5.75 Å². The van der Waals surface area contributed by atoms with Crippen LogP contribution in [0.2, 0.25) is 0 Å². The standard InChI is InChI=1S/C20H19N3O2/c1-14-8-6-7-11-18(14)24-13-19-23-17(12-21)20(25-19)22-15(2)16-9-4-3-5-10-16/h3-11,15,22H,13H2,1-2H3. The highest BCUT2D eigenvalue weighted by Gasteiger charge is 2.16. The molecular weight excluding hydrogens is 314 g/mol. The fourth-order valence-corrected chi connectivity index (χ4v) is 2.48. The number of nitrogens with zero attached hydrogens (tertiary/aromatic N) is 2. The van der Waals surface area contributed by atoms with Gasteiger partial charge in [-0.2, -0.15) is 10.2 Å². The van der Waals surface area contributed by atoms with Crippen LogP contribution in [-0.4, -0.2) is 4.98 Å². The number of aromatic nitrogens is 1. The van der Waals surface area contributed by atoms with Crippen LogP contribution in [0.25, 0.3) is 0 Å². The number of nitrogens with one attached hydrogen (secondary N) is 1. The molecule has 0 saturated carbocycles. The quantitative estimate of drug-likeness (QED) is 0.713. The predicted octanol–water partition coefficient (Wildman–Crippen LogP) is 4.61. The lowest BCUT2D eigenvalue weighted by atomic mass is 10.1. The Morgan fingerprint density at radius 2 is 1.88 bits per heavy atom. The Morgan fingerprint density at radius 3 is 2.60 bits per heavy atom. The number of ether oxygens (including phenoxy) is 1. The maximum atomic E-state index is 9.29. The lowest BCUT2D eigenvalue weighted by Gasteiger charge is -2.13. The van der Waals surface area contributed by atoms with E-state index in [4.69, 9.17) is 9.15 Å². The molecule has 3 aromatic rings. The number of hydrogen-bond donors (Lipinski definition) is 1. The summed E-state index contributed by atoms with van der Waals surface area (Å²) in [6.45, 7) is 4.14. The first kappa shape index (κ1) is 16.6. The Hall–Kier alpha value is -3.26. The molecule has 1 aromatic heterocycles. The van der Waals surface area contributed by atoms with Crippen molar-refractivity contribution in [1.82, 2.24) is 4.98 Å².